The van der Waals surface area contributed by atoms with Crippen LogP contribution in [0.3, 0.4) is 0 Å². The van der Waals surface area contributed by atoms with Gasteiger partial charge in [-0.25, -0.2) is 0 Å². The van der Waals surface area contributed by atoms with Crippen LogP contribution in [-0.4, -0.2) is 34.5 Å². The summed E-state index contributed by atoms with van der Waals surface area (Å²) in [6.45, 7) is 13.1. The van der Waals surface area contributed by atoms with E-state index < -0.39 is 5.60 Å². The standard InChI is InChI=1S/C30H45NO3/c1-29(2,3)31-17-11-10-12-20(18-26(31)32)21-13-8-7-9-14-23-22-15-16-24(28(21)23)25(22)19-27(33)34-30(4,5)6/h7-8,10,12,15-16,20-25,28H,9,11,13-14,17-19H2,1-6H3/b8-7+,12-10+. The van der Waals surface area contributed by atoms with Gasteiger partial charge >= 0.3 is 5.97 Å². The van der Waals surface area contributed by atoms with Crippen molar-refractivity contribution in [3.05, 3.63) is 36.5 Å². The molecular weight excluding hydrogens is 422 g/mol. The van der Waals surface area contributed by atoms with Crippen LogP contribution >= 0.6 is 0 Å². The van der Waals surface area contributed by atoms with Crippen LogP contribution in [0.1, 0.15) is 80.1 Å². The topological polar surface area (TPSA) is 46.6 Å². The number of nitrogens with zero attached hydrogens (tertiary/aromatic N) is 1. The minimum Gasteiger partial charge on any atom is -0.460 e. The van der Waals surface area contributed by atoms with Crippen molar-refractivity contribution in [3.63, 3.8) is 0 Å². The largest absolute Gasteiger partial charge is 0.460 e. The normalized spacial score (nSPS) is 37.9. The third-order valence-corrected chi connectivity index (χ3v) is 8.51. The van der Waals surface area contributed by atoms with E-state index in [1.54, 1.807) is 0 Å². The maximum atomic E-state index is 13.4. The van der Waals surface area contributed by atoms with Gasteiger partial charge in [0.1, 0.15) is 5.60 Å². The van der Waals surface area contributed by atoms with Gasteiger partial charge < -0.3 is 9.64 Å². The van der Waals surface area contributed by atoms with E-state index in [-0.39, 0.29) is 23.3 Å². The minimum atomic E-state index is -0.445. The molecule has 1 aliphatic heterocycles. The average Bonchev–Trinajstić information content (AvgIpc) is 3.17. The number of allylic oxidation sites excluding steroid dienone is 5. The van der Waals surface area contributed by atoms with E-state index in [1.807, 2.05) is 20.8 Å². The Morgan fingerprint density at radius 2 is 1.71 bits per heavy atom. The zero-order valence-corrected chi connectivity index (χ0v) is 22.1. The number of carbonyl (C=O) groups is 2. The first-order valence-corrected chi connectivity index (χ1v) is 13.5. The predicted molar refractivity (Wildman–Crippen MR) is 137 cm³/mol. The molecule has 4 nitrogen and oxygen atoms in total. The molecule has 0 aromatic heterocycles. The second kappa shape index (κ2) is 9.66. The molecule has 1 saturated carbocycles. The lowest BCUT2D eigenvalue weighted by Gasteiger charge is -2.42. The maximum absolute atomic E-state index is 13.4. The van der Waals surface area contributed by atoms with Crippen LogP contribution in [0.15, 0.2) is 36.5 Å². The zero-order valence-electron chi connectivity index (χ0n) is 22.1. The lowest BCUT2D eigenvalue weighted by molar-refractivity contribution is -0.156. The Kier molecular flexibility index (Phi) is 7.18. The highest BCUT2D eigenvalue weighted by Crippen LogP contribution is 2.59. The van der Waals surface area contributed by atoms with Crippen molar-refractivity contribution in [1.29, 1.82) is 0 Å². The van der Waals surface area contributed by atoms with Crippen molar-refractivity contribution in [3.8, 4) is 0 Å². The predicted octanol–water partition coefficient (Wildman–Crippen LogP) is 6.33. The van der Waals surface area contributed by atoms with Crippen LogP contribution in [0.4, 0.5) is 0 Å². The quantitative estimate of drug-likeness (QED) is 0.360. The fraction of sp³-hybridized carbons (Fsp3) is 0.733. The monoisotopic (exact) mass is 467 g/mol. The number of rotatable bonds is 3. The van der Waals surface area contributed by atoms with Crippen LogP contribution < -0.4 is 0 Å². The summed E-state index contributed by atoms with van der Waals surface area (Å²) in [5.74, 6) is 3.22. The molecule has 7 unspecified atom stereocenters. The molecule has 0 saturated heterocycles. The molecule has 0 spiro atoms. The molecule has 1 heterocycles. The molecule has 2 bridgehead atoms. The van der Waals surface area contributed by atoms with Gasteiger partial charge in [0, 0.05) is 24.9 Å². The zero-order chi connectivity index (χ0) is 24.7. The second-order valence-corrected chi connectivity index (χ2v) is 13.0. The van der Waals surface area contributed by atoms with Crippen molar-refractivity contribution in [2.24, 2.45) is 41.4 Å². The van der Waals surface area contributed by atoms with Gasteiger partial charge in [-0.1, -0.05) is 36.5 Å². The molecule has 7 atom stereocenters. The average molecular weight is 468 g/mol. The van der Waals surface area contributed by atoms with E-state index in [1.165, 1.54) is 6.42 Å². The molecule has 0 aromatic carbocycles. The van der Waals surface area contributed by atoms with Crippen LogP contribution in [-0.2, 0) is 14.3 Å². The number of esters is 1. The Hall–Kier alpha value is -1.84. The van der Waals surface area contributed by atoms with Gasteiger partial charge in [-0.3, -0.25) is 9.59 Å². The fourth-order valence-corrected chi connectivity index (χ4v) is 7.31. The molecule has 1 amide bonds. The van der Waals surface area contributed by atoms with Crippen LogP contribution in [0.5, 0.6) is 0 Å². The molecule has 1 fully saturated rings. The lowest BCUT2D eigenvalue weighted by atomic mass is 9.66. The molecule has 0 N–H and O–H groups in total. The SMILES string of the molecule is CC(C)(C)OC(=O)CC1C2C=CC1C1C(C3/C=C/CCN(C(C)(C)C)C(=O)C3)C/C=C/CCC21. The fourth-order valence-electron chi connectivity index (χ4n) is 7.31. The summed E-state index contributed by atoms with van der Waals surface area (Å²) in [4.78, 5) is 28.3. The van der Waals surface area contributed by atoms with E-state index in [9.17, 15) is 9.59 Å². The minimum absolute atomic E-state index is 0.0676. The lowest BCUT2D eigenvalue weighted by Crippen LogP contribution is -2.47. The Balaban J connectivity index is 1.58. The number of hydrogen-bond acceptors (Lipinski definition) is 3. The molecule has 0 radical (unpaired) electrons. The summed E-state index contributed by atoms with van der Waals surface area (Å²) in [7, 11) is 0. The van der Waals surface area contributed by atoms with Crippen LogP contribution in [0.2, 0.25) is 0 Å². The number of fused-ring (bicyclic) bond motifs is 5. The summed E-state index contributed by atoms with van der Waals surface area (Å²) in [6.07, 6.45) is 19.5. The first-order chi connectivity index (χ1) is 16.0. The van der Waals surface area contributed by atoms with Gasteiger partial charge in [-0.15, -0.1) is 0 Å². The Morgan fingerprint density at radius 3 is 2.41 bits per heavy atom. The molecule has 4 rings (SSSR count). The first kappa shape index (κ1) is 25.3. The first-order valence-electron chi connectivity index (χ1n) is 13.5. The van der Waals surface area contributed by atoms with Crippen molar-refractivity contribution < 1.29 is 14.3 Å². The van der Waals surface area contributed by atoms with Gasteiger partial charge in [-0.2, -0.15) is 0 Å². The van der Waals surface area contributed by atoms with E-state index in [4.69, 9.17) is 4.74 Å². The summed E-state index contributed by atoms with van der Waals surface area (Å²) in [5, 5.41) is 0. The summed E-state index contributed by atoms with van der Waals surface area (Å²) in [5.41, 5.74) is -0.594. The summed E-state index contributed by atoms with van der Waals surface area (Å²) < 4.78 is 5.72. The van der Waals surface area contributed by atoms with E-state index >= 15 is 0 Å². The molecule has 3 aliphatic carbocycles. The second-order valence-electron chi connectivity index (χ2n) is 13.0. The third-order valence-electron chi connectivity index (χ3n) is 8.51. The van der Waals surface area contributed by atoms with E-state index in [2.05, 4.69) is 62.1 Å². The third kappa shape index (κ3) is 5.36. The summed E-state index contributed by atoms with van der Waals surface area (Å²) >= 11 is 0. The summed E-state index contributed by atoms with van der Waals surface area (Å²) in [6, 6.07) is 0. The van der Waals surface area contributed by atoms with Gasteiger partial charge in [-0.05, 0) is 109 Å². The maximum Gasteiger partial charge on any atom is 0.306 e. The van der Waals surface area contributed by atoms with Crippen molar-refractivity contribution in [2.45, 2.75) is 91.2 Å². The number of amides is 1. The molecule has 188 valence electrons. The number of hydrogen-bond donors (Lipinski definition) is 0. The van der Waals surface area contributed by atoms with Crippen molar-refractivity contribution in [2.75, 3.05) is 6.54 Å². The molecular formula is C30H45NO3. The highest BCUT2D eigenvalue weighted by Gasteiger charge is 2.55. The van der Waals surface area contributed by atoms with Crippen molar-refractivity contribution in [1.82, 2.24) is 4.90 Å². The van der Waals surface area contributed by atoms with Crippen molar-refractivity contribution >= 4 is 11.9 Å². The van der Waals surface area contributed by atoms with Gasteiger partial charge in [0.15, 0.2) is 0 Å². The highest BCUT2D eigenvalue weighted by molar-refractivity contribution is 5.77. The van der Waals surface area contributed by atoms with Crippen LogP contribution in [0, 0.1) is 41.4 Å². The Labute approximate surface area is 206 Å². The molecule has 0 aromatic rings. The Bertz CT molecular complexity index is 855. The smallest absolute Gasteiger partial charge is 0.306 e. The van der Waals surface area contributed by atoms with Crippen LogP contribution in [0.25, 0.3) is 0 Å². The van der Waals surface area contributed by atoms with E-state index in [0.29, 0.717) is 48.3 Å². The molecule has 34 heavy (non-hydrogen) atoms. The highest BCUT2D eigenvalue weighted by atomic mass is 16.6. The number of carbonyl (C=O) groups excluding carboxylic acids is 2. The Morgan fingerprint density at radius 1 is 0.971 bits per heavy atom. The van der Waals surface area contributed by atoms with Gasteiger partial charge in [0.25, 0.3) is 0 Å². The van der Waals surface area contributed by atoms with Gasteiger partial charge in [0.2, 0.25) is 5.91 Å². The molecule has 4 heteroatoms. The number of ether oxygens (including phenoxy) is 1. The van der Waals surface area contributed by atoms with E-state index in [0.717, 1.165) is 25.8 Å². The van der Waals surface area contributed by atoms with Gasteiger partial charge in [0.05, 0.1) is 0 Å². The molecule has 4 aliphatic rings.